The van der Waals surface area contributed by atoms with E-state index in [1.807, 2.05) is 12.1 Å². The van der Waals surface area contributed by atoms with Crippen LogP contribution in [-0.4, -0.2) is 30.7 Å². The van der Waals surface area contributed by atoms with E-state index < -0.39 is 0 Å². The van der Waals surface area contributed by atoms with Gasteiger partial charge in [0.15, 0.2) is 5.11 Å². The van der Waals surface area contributed by atoms with Crippen molar-refractivity contribution < 1.29 is 19.1 Å². The number of thiocarbonyl (C=S) groups is 1. The molecule has 2 N–H and O–H groups in total. The van der Waals surface area contributed by atoms with Gasteiger partial charge in [-0.05, 0) is 68.1 Å². The van der Waals surface area contributed by atoms with Crippen LogP contribution in [0.15, 0.2) is 24.3 Å². The van der Waals surface area contributed by atoms with E-state index in [1.165, 1.54) is 16.2 Å². The Labute approximate surface area is 179 Å². The van der Waals surface area contributed by atoms with Crippen molar-refractivity contribution in [3.8, 4) is 5.75 Å². The number of ether oxygens (including phenoxy) is 2. The molecular weight excluding hydrogens is 408 g/mol. The SMILES string of the molecule is CCOC(=O)c1c(NC(=S)NC(=O)Cc2ccc(OC)cc2)sc2c1CCCC2. The highest BCUT2D eigenvalue weighted by Crippen LogP contribution is 2.38. The summed E-state index contributed by atoms with van der Waals surface area (Å²) < 4.78 is 10.4. The first-order valence-electron chi connectivity index (χ1n) is 9.57. The van der Waals surface area contributed by atoms with Gasteiger partial charge in [0.05, 0.1) is 25.7 Å². The third-order valence-electron chi connectivity index (χ3n) is 4.65. The van der Waals surface area contributed by atoms with E-state index in [1.54, 1.807) is 26.2 Å². The highest BCUT2D eigenvalue weighted by atomic mass is 32.1. The summed E-state index contributed by atoms with van der Waals surface area (Å²) in [5, 5.41) is 6.55. The van der Waals surface area contributed by atoms with Crippen LogP contribution < -0.4 is 15.4 Å². The van der Waals surface area contributed by atoms with Gasteiger partial charge in [0, 0.05) is 4.88 Å². The summed E-state index contributed by atoms with van der Waals surface area (Å²) >= 11 is 6.83. The fourth-order valence-electron chi connectivity index (χ4n) is 3.31. The first-order valence-corrected chi connectivity index (χ1v) is 10.8. The number of aryl methyl sites for hydroxylation is 1. The molecule has 154 valence electrons. The lowest BCUT2D eigenvalue weighted by atomic mass is 9.95. The summed E-state index contributed by atoms with van der Waals surface area (Å²) in [5.41, 5.74) is 2.46. The second-order valence-electron chi connectivity index (χ2n) is 6.66. The van der Waals surface area contributed by atoms with Crippen LogP contribution in [0, 0.1) is 0 Å². The molecule has 1 aliphatic rings. The number of methoxy groups -OCH3 is 1. The van der Waals surface area contributed by atoms with Gasteiger partial charge in [-0.1, -0.05) is 12.1 Å². The Kier molecular flexibility index (Phi) is 7.22. The number of anilines is 1. The van der Waals surface area contributed by atoms with E-state index in [0.717, 1.165) is 42.6 Å². The van der Waals surface area contributed by atoms with E-state index in [2.05, 4.69) is 10.6 Å². The van der Waals surface area contributed by atoms with Crippen LogP contribution in [0.4, 0.5) is 5.00 Å². The molecule has 3 rings (SSSR count). The first kappa shape index (κ1) is 21.3. The van der Waals surface area contributed by atoms with E-state index in [0.29, 0.717) is 17.2 Å². The third kappa shape index (κ3) is 5.33. The molecule has 1 aliphatic carbocycles. The summed E-state index contributed by atoms with van der Waals surface area (Å²) in [6.07, 6.45) is 4.16. The first-order chi connectivity index (χ1) is 14.0. The maximum absolute atomic E-state index is 12.5. The minimum Gasteiger partial charge on any atom is -0.497 e. The number of amides is 1. The van der Waals surface area contributed by atoms with Gasteiger partial charge in [-0.2, -0.15) is 0 Å². The molecule has 29 heavy (non-hydrogen) atoms. The molecule has 1 aromatic heterocycles. The molecule has 0 spiro atoms. The van der Waals surface area contributed by atoms with Gasteiger partial charge in [-0.25, -0.2) is 4.79 Å². The van der Waals surface area contributed by atoms with Gasteiger partial charge in [0.1, 0.15) is 10.8 Å². The molecule has 1 amide bonds. The molecule has 0 radical (unpaired) electrons. The van der Waals surface area contributed by atoms with Crippen LogP contribution in [0.2, 0.25) is 0 Å². The molecular formula is C21H24N2O4S2. The number of thiophene rings is 1. The molecule has 1 aromatic carbocycles. The molecule has 6 nitrogen and oxygen atoms in total. The number of fused-ring (bicyclic) bond motifs is 1. The minimum absolute atomic E-state index is 0.174. The maximum atomic E-state index is 12.5. The van der Waals surface area contributed by atoms with Crippen LogP contribution in [0.1, 0.15) is 46.1 Å². The standard InChI is InChI=1S/C21H24N2O4S2/c1-3-27-20(25)18-15-6-4-5-7-16(15)29-19(18)23-21(28)22-17(24)12-13-8-10-14(26-2)11-9-13/h8-11H,3-7,12H2,1-2H3,(H2,22,23,24,28). The Balaban J connectivity index is 1.67. The van der Waals surface area contributed by atoms with Gasteiger partial charge in [0.25, 0.3) is 0 Å². The second-order valence-corrected chi connectivity index (χ2v) is 8.18. The van der Waals surface area contributed by atoms with E-state index >= 15 is 0 Å². The lowest BCUT2D eigenvalue weighted by Crippen LogP contribution is -2.35. The molecule has 1 heterocycles. The normalized spacial score (nSPS) is 12.6. The van der Waals surface area contributed by atoms with Gasteiger partial charge in [-0.15, -0.1) is 11.3 Å². The minimum atomic E-state index is -0.346. The molecule has 0 saturated carbocycles. The topological polar surface area (TPSA) is 76.7 Å². The lowest BCUT2D eigenvalue weighted by Gasteiger charge is -2.13. The molecule has 0 aliphatic heterocycles. The van der Waals surface area contributed by atoms with Gasteiger partial charge in [0.2, 0.25) is 5.91 Å². The molecule has 0 unspecified atom stereocenters. The number of nitrogens with one attached hydrogen (secondary N) is 2. The number of hydrogen-bond acceptors (Lipinski definition) is 6. The highest BCUT2D eigenvalue weighted by molar-refractivity contribution is 7.80. The number of carbonyl (C=O) groups is 2. The van der Waals surface area contributed by atoms with Crippen molar-refractivity contribution in [3.05, 3.63) is 45.8 Å². The summed E-state index contributed by atoms with van der Waals surface area (Å²) in [6, 6.07) is 7.28. The summed E-state index contributed by atoms with van der Waals surface area (Å²) in [4.78, 5) is 26.0. The molecule has 2 aromatic rings. The van der Waals surface area contributed by atoms with E-state index in [-0.39, 0.29) is 23.4 Å². The smallest absolute Gasteiger partial charge is 0.341 e. The number of benzene rings is 1. The Morgan fingerprint density at radius 3 is 2.59 bits per heavy atom. The molecule has 0 atom stereocenters. The fraction of sp³-hybridized carbons (Fsp3) is 0.381. The monoisotopic (exact) mass is 432 g/mol. The Morgan fingerprint density at radius 1 is 1.17 bits per heavy atom. The van der Waals surface area contributed by atoms with Crippen molar-refractivity contribution >= 4 is 45.5 Å². The van der Waals surface area contributed by atoms with Crippen LogP contribution in [0.3, 0.4) is 0 Å². The van der Waals surface area contributed by atoms with Crippen LogP contribution in [0.25, 0.3) is 0 Å². The van der Waals surface area contributed by atoms with E-state index in [4.69, 9.17) is 21.7 Å². The van der Waals surface area contributed by atoms with E-state index in [9.17, 15) is 9.59 Å². The Morgan fingerprint density at radius 2 is 1.90 bits per heavy atom. The maximum Gasteiger partial charge on any atom is 0.341 e. The number of rotatable bonds is 6. The highest BCUT2D eigenvalue weighted by Gasteiger charge is 2.27. The largest absolute Gasteiger partial charge is 0.497 e. The average molecular weight is 433 g/mol. The number of esters is 1. The molecule has 0 bridgehead atoms. The van der Waals surface area contributed by atoms with Gasteiger partial charge in [-0.3, -0.25) is 4.79 Å². The summed E-state index contributed by atoms with van der Waals surface area (Å²) in [7, 11) is 1.60. The predicted octanol–water partition coefficient (Wildman–Crippen LogP) is 3.87. The van der Waals surface area contributed by atoms with Crippen molar-refractivity contribution in [2.24, 2.45) is 0 Å². The van der Waals surface area contributed by atoms with Crippen molar-refractivity contribution in [1.82, 2.24) is 5.32 Å². The van der Waals surface area contributed by atoms with Crippen molar-refractivity contribution in [2.75, 3.05) is 19.0 Å². The van der Waals surface area contributed by atoms with Gasteiger partial charge < -0.3 is 20.1 Å². The zero-order valence-electron chi connectivity index (χ0n) is 16.5. The fourth-order valence-corrected chi connectivity index (χ4v) is 4.87. The third-order valence-corrected chi connectivity index (χ3v) is 6.07. The summed E-state index contributed by atoms with van der Waals surface area (Å²) in [6.45, 7) is 2.10. The average Bonchev–Trinajstić information content (AvgIpc) is 3.06. The Hall–Kier alpha value is -2.45. The van der Waals surface area contributed by atoms with Crippen LogP contribution in [-0.2, 0) is 28.8 Å². The molecule has 0 saturated heterocycles. The van der Waals surface area contributed by atoms with Crippen molar-refractivity contribution in [1.29, 1.82) is 0 Å². The molecule has 8 heteroatoms. The van der Waals surface area contributed by atoms with Crippen molar-refractivity contribution in [3.63, 3.8) is 0 Å². The zero-order valence-corrected chi connectivity index (χ0v) is 18.1. The van der Waals surface area contributed by atoms with Crippen molar-refractivity contribution in [2.45, 2.75) is 39.0 Å². The molecule has 0 fully saturated rings. The lowest BCUT2D eigenvalue weighted by molar-refractivity contribution is -0.119. The number of hydrogen-bond donors (Lipinski definition) is 2. The quantitative estimate of drug-likeness (QED) is 0.533. The summed E-state index contributed by atoms with van der Waals surface area (Å²) in [5.74, 6) is 0.160. The van der Waals surface area contributed by atoms with Gasteiger partial charge >= 0.3 is 5.97 Å². The predicted molar refractivity (Wildman–Crippen MR) is 118 cm³/mol. The Bertz CT molecular complexity index is 906. The second kappa shape index (κ2) is 9.84. The number of carbonyl (C=O) groups excluding carboxylic acids is 2. The van der Waals surface area contributed by atoms with Crippen LogP contribution >= 0.6 is 23.6 Å². The zero-order chi connectivity index (χ0) is 20.8. The van der Waals surface area contributed by atoms with Crippen LogP contribution in [0.5, 0.6) is 5.75 Å².